The molecule has 1 aromatic heterocycles. The molecular formula is C19H20N2O. The lowest BCUT2D eigenvalue weighted by molar-refractivity contribution is 0.0773. The molecular weight excluding hydrogens is 272 g/mol. The number of hydrogen-bond acceptors (Lipinski definition) is 1. The molecule has 1 N–H and O–H groups in total. The highest BCUT2D eigenvalue weighted by molar-refractivity contribution is 6.01. The number of para-hydroxylation sites is 1. The Hall–Kier alpha value is -2.55. The molecule has 0 bridgehead atoms. The molecule has 3 heteroatoms. The van der Waals surface area contributed by atoms with Gasteiger partial charge in [-0.05, 0) is 32.0 Å². The van der Waals surface area contributed by atoms with Gasteiger partial charge < -0.3 is 9.88 Å². The van der Waals surface area contributed by atoms with E-state index in [0.717, 1.165) is 40.8 Å². The molecule has 0 saturated heterocycles. The second-order valence-corrected chi connectivity index (χ2v) is 5.29. The van der Waals surface area contributed by atoms with Gasteiger partial charge in [-0.15, -0.1) is 0 Å². The van der Waals surface area contributed by atoms with Gasteiger partial charge in [-0.2, -0.15) is 0 Å². The van der Waals surface area contributed by atoms with E-state index in [9.17, 15) is 4.79 Å². The molecule has 3 rings (SSSR count). The van der Waals surface area contributed by atoms with Crippen molar-refractivity contribution in [2.24, 2.45) is 0 Å². The van der Waals surface area contributed by atoms with E-state index in [0.29, 0.717) is 0 Å². The van der Waals surface area contributed by atoms with Crippen LogP contribution in [0.4, 0.5) is 0 Å². The Morgan fingerprint density at radius 2 is 1.68 bits per heavy atom. The molecule has 0 saturated carbocycles. The molecule has 2 aromatic carbocycles. The second kappa shape index (κ2) is 6.06. The van der Waals surface area contributed by atoms with E-state index >= 15 is 0 Å². The van der Waals surface area contributed by atoms with Crippen LogP contribution in [-0.2, 0) is 0 Å². The summed E-state index contributed by atoms with van der Waals surface area (Å²) < 4.78 is 0. The molecule has 3 aromatic rings. The quantitative estimate of drug-likeness (QED) is 0.764. The molecule has 0 atom stereocenters. The van der Waals surface area contributed by atoms with E-state index in [1.165, 1.54) is 0 Å². The lowest BCUT2D eigenvalue weighted by atomic mass is 10.0. The molecule has 22 heavy (non-hydrogen) atoms. The fraction of sp³-hybridized carbons (Fsp3) is 0.211. The fourth-order valence-corrected chi connectivity index (χ4v) is 2.80. The van der Waals surface area contributed by atoms with Crippen LogP contribution in [0.25, 0.3) is 22.2 Å². The van der Waals surface area contributed by atoms with Crippen LogP contribution in [-0.4, -0.2) is 28.9 Å². The van der Waals surface area contributed by atoms with Gasteiger partial charge in [-0.25, -0.2) is 0 Å². The van der Waals surface area contributed by atoms with Gasteiger partial charge in [0.05, 0.1) is 0 Å². The second-order valence-electron chi connectivity index (χ2n) is 5.29. The van der Waals surface area contributed by atoms with Gasteiger partial charge in [-0.1, -0.05) is 36.4 Å². The van der Waals surface area contributed by atoms with Crippen molar-refractivity contribution in [2.75, 3.05) is 13.1 Å². The number of hydrogen-bond donors (Lipinski definition) is 1. The first-order chi connectivity index (χ1) is 10.7. The van der Waals surface area contributed by atoms with Gasteiger partial charge in [0, 0.05) is 40.8 Å². The lowest BCUT2D eigenvalue weighted by Crippen LogP contribution is -2.30. The SMILES string of the molecule is CCN(CC)C(=O)c1ccccc1-c1cc2ccccc2[nH]1. The first-order valence-electron chi connectivity index (χ1n) is 7.71. The number of fused-ring (bicyclic) bond motifs is 1. The minimum Gasteiger partial charge on any atom is -0.355 e. The molecule has 0 fully saturated rings. The van der Waals surface area contributed by atoms with Crippen molar-refractivity contribution in [3.8, 4) is 11.3 Å². The number of amides is 1. The zero-order valence-electron chi connectivity index (χ0n) is 13.0. The van der Waals surface area contributed by atoms with E-state index in [4.69, 9.17) is 0 Å². The van der Waals surface area contributed by atoms with Gasteiger partial charge in [0.25, 0.3) is 5.91 Å². The van der Waals surface area contributed by atoms with Gasteiger partial charge in [0.2, 0.25) is 0 Å². The topological polar surface area (TPSA) is 36.1 Å². The maximum Gasteiger partial charge on any atom is 0.254 e. The highest BCUT2D eigenvalue weighted by atomic mass is 16.2. The number of nitrogens with zero attached hydrogens (tertiary/aromatic N) is 1. The Morgan fingerprint density at radius 3 is 2.41 bits per heavy atom. The Morgan fingerprint density at radius 1 is 1.00 bits per heavy atom. The average molecular weight is 292 g/mol. The first kappa shape index (κ1) is 14.4. The Balaban J connectivity index is 2.09. The first-order valence-corrected chi connectivity index (χ1v) is 7.71. The van der Waals surface area contributed by atoms with Gasteiger partial charge >= 0.3 is 0 Å². The minimum atomic E-state index is 0.0826. The number of nitrogens with one attached hydrogen (secondary N) is 1. The molecule has 3 nitrogen and oxygen atoms in total. The molecule has 0 aliphatic carbocycles. The van der Waals surface area contributed by atoms with Crippen LogP contribution in [0.3, 0.4) is 0 Å². The highest BCUT2D eigenvalue weighted by Gasteiger charge is 2.17. The number of benzene rings is 2. The predicted octanol–water partition coefficient (Wildman–Crippen LogP) is 4.32. The number of carbonyl (C=O) groups is 1. The van der Waals surface area contributed by atoms with Gasteiger partial charge in [0.15, 0.2) is 0 Å². The van der Waals surface area contributed by atoms with Gasteiger partial charge in [-0.3, -0.25) is 4.79 Å². The monoisotopic (exact) mass is 292 g/mol. The number of aromatic amines is 1. The summed E-state index contributed by atoms with van der Waals surface area (Å²) in [7, 11) is 0. The number of aromatic nitrogens is 1. The smallest absolute Gasteiger partial charge is 0.254 e. The highest BCUT2D eigenvalue weighted by Crippen LogP contribution is 2.27. The van der Waals surface area contributed by atoms with Crippen molar-refractivity contribution in [2.45, 2.75) is 13.8 Å². The summed E-state index contributed by atoms with van der Waals surface area (Å²) in [6, 6.07) is 18.1. The van der Waals surface area contributed by atoms with Crippen molar-refractivity contribution in [1.82, 2.24) is 9.88 Å². The average Bonchev–Trinajstić information content (AvgIpc) is 2.99. The minimum absolute atomic E-state index is 0.0826. The molecule has 0 aliphatic rings. The Labute approximate surface area is 130 Å². The van der Waals surface area contributed by atoms with Crippen LogP contribution < -0.4 is 0 Å². The van der Waals surface area contributed by atoms with Crippen LogP contribution in [0.1, 0.15) is 24.2 Å². The van der Waals surface area contributed by atoms with E-state index in [2.05, 4.69) is 17.1 Å². The van der Waals surface area contributed by atoms with Crippen LogP contribution >= 0.6 is 0 Å². The normalized spacial score (nSPS) is 10.8. The zero-order valence-corrected chi connectivity index (χ0v) is 13.0. The van der Waals surface area contributed by atoms with E-state index in [1.54, 1.807) is 0 Å². The summed E-state index contributed by atoms with van der Waals surface area (Å²) in [5.41, 5.74) is 3.77. The summed E-state index contributed by atoms with van der Waals surface area (Å²) in [5, 5.41) is 1.16. The molecule has 0 spiro atoms. The third kappa shape index (κ3) is 2.50. The largest absolute Gasteiger partial charge is 0.355 e. The maximum absolute atomic E-state index is 12.7. The number of rotatable bonds is 4. The zero-order chi connectivity index (χ0) is 15.5. The molecule has 1 amide bonds. The van der Waals surface area contributed by atoms with Gasteiger partial charge in [0.1, 0.15) is 0 Å². The summed E-state index contributed by atoms with van der Waals surface area (Å²) in [6.07, 6.45) is 0. The number of carbonyl (C=O) groups excluding carboxylic acids is 1. The summed E-state index contributed by atoms with van der Waals surface area (Å²) >= 11 is 0. The van der Waals surface area contributed by atoms with Crippen LogP contribution in [0.5, 0.6) is 0 Å². The fourth-order valence-electron chi connectivity index (χ4n) is 2.80. The molecule has 112 valence electrons. The van der Waals surface area contributed by atoms with Crippen molar-refractivity contribution in [3.05, 3.63) is 60.2 Å². The van der Waals surface area contributed by atoms with Crippen molar-refractivity contribution in [1.29, 1.82) is 0 Å². The van der Waals surface area contributed by atoms with Crippen LogP contribution in [0.15, 0.2) is 54.6 Å². The predicted molar refractivity (Wildman–Crippen MR) is 91.0 cm³/mol. The summed E-state index contributed by atoms with van der Waals surface area (Å²) in [6.45, 7) is 5.45. The summed E-state index contributed by atoms with van der Waals surface area (Å²) in [5.74, 6) is 0.0826. The van der Waals surface area contributed by atoms with Crippen molar-refractivity contribution >= 4 is 16.8 Å². The van der Waals surface area contributed by atoms with E-state index in [-0.39, 0.29) is 5.91 Å². The van der Waals surface area contributed by atoms with E-state index < -0.39 is 0 Å². The Kier molecular flexibility index (Phi) is 3.96. The maximum atomic E-state index is 12.7. The lowest BCUT2D eigenvalue weighted by Gasteiger charge is -2.20. The molecule has 0 radical (unpaired) electrons. The van der Waals surface area contributed by atoms with Crippen molar-refractivity contribution < 1.29 is 4.79 Å². The molecule has 0 unspecified atom stereocenters. The van der Waals surface area contributed by atoms with Crippen molar-refractivity contribution in [3.63, 3.8) is 0 Å². The Bertz CT molecular complexity index is 767. The summed E-state index contributed by atoms with van der Waals surface area (Å²) in [4.78, 5) is 18.0. The molecule has 0 aliphatic heterocycles. The third-order valence-electron chi connectivity index (χ3n) is 4.03. The van der Waals surface area contributed by atoms with E-state index in [1.807, 2.05) is 61.2 Å². The van der Waals surface area contributed by atoms with Crippen LogP contribution in [0.2, 0.25) is 0 Å². The van der Waals surface area contributed by atoms with Crippen LogP contribution in [0, 0.1) is 0 Å². The molecule has 1 heterocycles. The standard InChI is InChI=1S/C19H20N2O/c1-3-21(4-2)19(22)16-11-7-6-10-15(16)18-13-14-9-5-8-12-17(14)20-18/h5-13,20H,3-4H2,1-2H3. The number of H-pyrrole nitrogens is 1. The third-order valence-corrected chi connectivity index (χ3v) is 4.03.